The second kappa shape index (κ2) is 7.37. The van der Waals surface area contributed by atoms with Crippen molar-refractivity contribution in [3.63, 3.8) is 0 Å². The molecule has 1 aromatic rings. The van der Waals surface area contributed by atoms with E-state index in [1.165, 1.54) is 12.0 Å². The quantitative estimate of drug-likeness (QED) is 0.836. The number of rotatable bonds is 5. The number of methoxy groups -OCH3 is 1. The Hall–Kier alpha value is -2.51. The number of halogens is 3. The predicted molar refractivity (Wildman–Crippen MR) is 81.6 cm³/mol. The molecule has 0 radical (unpaired) electrons. The zero-order valence-electron chi connectivity index (χ0n) is 13.0. The number of alkyl halides is 3. The first-order valence-electron chi connectivity index (χ1n) is 7.31. The summed E-state index contributed by atoms with van der Waals surface area (Å²) < 4.78 is 41.7. The lowest BCUT2D eigenvalue weighted by Gasteiger charge is -2.22. The smallest absolute Gasteiger partial charge is 0.454 e. The van der Waals surface area contributed by atoms with Gasteiger partial charge in [-0.05, 0) is 37.1 Å². The fourth-order valence-electron chi connectivity index (χ4n) is 2.41. The average molecular weight is 342 g/mol. The zero-order chi connectivity index (χ0) is 17.7. The lowest BCUT2D eigenvalue weighted by molar-refractivity contribution is -0.165. The van der Waals surface area contributed by atoms with Gasteiger partial charge in [-0.3, -0.25) is 9.59 Å². The molecule has 1 amide bonds. The van der Waals surface area contributed by atoms with Crippen molar-refractivity contribution in [2.24, 2.45) is 0 Å². The number of nitrogens with zero attached hydrogens (tertiary/aromatic N) is 1. The Morgan fingerprint density at radius 1 is 1.29 bits per heavy atom. The molecule has 2 rings (SSSR count). The zero-order valence-corrected chi connectivity index (χ0v) is 13.0. The lowest BCUT2D eigenvalue weighted by Crippen LogP contribution is -2.36. The summed E-state index contributed by atoms with van der Waals surface area (Å²) in [5, 5.41) is 2.71. The van der Waals surface area contributed by atoms with Crippen molar-refractivity contribution in [1.82, 2.24) is 4.90 Å². The molecule has 1 N–H and O–H groups in total. The van der Waals surface area contributed by atoms with Gasteiger partial charge in [0.2, 0.25) is 5.91 Å². The van der Waals surface area contributed by atoms with E-state index < -0.39 is 18.0 Å². The third-order valence-corrected chi connectivity index (χ3v) is 3.65. The fraction of sp³-hybridized carbons (Fsp3) is 0.375. The summed E-state index contributed by atoms with van der Waals surface area (Å²) in [4.78, 5) is 24.6. The van der Waals surface area contributed by atoms with Crippen LogP contribution in [0.1, 0.15) is 12.8 Å². The Morgan fingerprint density at radius 2 is 1.96 bits per heavy atom. The predicted octanol–water partition coefficient (Wildman–Crippen LogP) is 2.74. The monoisotopic (exact) mass is 342 g/mol. The van der Waals surface area contributed by atoms with E-state index in [4.69, 9.17) is 4.74 Å². The minimum atomic E-state index is -4.91. The van der Waals surface area contributed by atoms with Crippen molar-refractivity contribution in [3.8, 4) is 5.75 Å². The van der Waals surface area contributed by atoms with Gasteiger partial charge >= 0.3 is 6.18 Å². The molecule has 1 aliphatic heterocycles. The number of hydrogen-bond donors (Lipinski definition) is 1. The summed E-state index contributed by atoms with van der Waals surface area (Å²) in [5.41, 5.74) is 0.558. The van der Waals surface area contributed by atoms with Crippen LogP contribution in [0, 0.1) is 0 Å². The molecular formula is C16H17F3N2O3. The van der Waals surface area contributed by atoms with Crippen molar-refractivity contribution in [1.29, 1.82) is 0 Å². The molecule has 8 heteroatoms. The molecule has 1 atom stereocenters. The van der Waals surface area contributed by atoms with E-state index in [2.05, 4.69) is 5.32 Å². The number of hydrogen-bond acceptors (Lipinski definition) is 4. The van der Waals surface area contributed by atoms with Gasteiger partial charge in [-0.2, -0.15) is 13.2 Å². The number of ketones is 1. The number of anilines is 1. The lowest BCUT2D eigenvalue weighted by atomic mass is 10.2. The Morgan fingerprint density at radius 3 is 2.54 bits per heavy atom. The first kappa shape index (κ1) is 17.8. The number of amides is 1. The second-order valence-electron chi connectivity index (χ2n) is 5.29. The minimum absolute atomic E-state index is 0.332. The van der Waals surface area contributed by atoms with Crippen molar-refractivity contribution in [2.45, 2.75) is 25.1 Å². The Bertz CT molecular complexity index is 626. The van der Waals surface area contributed by atoms with Crippen LogP contribution in [-0.4, -0.2) is 42.5 Å². The highest BCUT2D eigenvalue weighted by molar-refractivity contribution is 5.96. The maximum absolute atomic E-state index is 12.3. The molecule has 0 bridgehead atoms. The first-order valence-corrected chi connectivity index (χ1v) is 7.31. The summed E-state index contributed by atoms with van der Waals surface area (Å²) in [7, 11) is 1.53. The van der Waals surface area contributed by atoms with Crippen molar-refractivity contribution >= 4 is 17.4 Å². The van der Waals surface area contributed by atoms with E-state index in [9.17, 15) is 22.8 Å². The van der Waals surface area contributed by atoms with Crippen LogP contribution < -0.4 is 10.1 Å². The van der Waals surface area contributed by atoms with Crippen molar-refractivity contribution in [2.75, 3.05) is 19.0 Å². The molecule has 0 spiro atoms. The van der Waals surface area contributed by atoms with Crippen LogP contribution >= 0.6 is 0 Å². The summed E-state index contributed by atoms with van der Waals surface area (Å²) in [5.74, 6) is -1.63. The highest BCUT2D eigenvalue weighted by atomic mass is 19.4. The molecule has 5 nitrogen and oxygen atoms in total. The molecule has 1 heterocycles. The summed E-state index contributed by atoms with van der Waals surface area (Å²) in [6.45, 7) is 0.419. The largest absolute Gasteiger partial charge is 0.497 e. The van der Waals surface area contributed by atoms with Crippen molar-refractivity contribution in [3.05, 3.63) is 36.5 Å². The van der Waals surface area contributed by atoms with Crippen LogP contribution in [0.2, 0.25) is 0 Å². The van der Waals surface area contributed by atoms with Gasteiger partial charge in [-0.15, -0.1) is 0 Å². The van der Waals surface area contributed by atoms with Crippen LogP contribution in [0.3, 0.4) is 0 Å². The molecule has 24 heavy (non-hydrogen) atoms. The molecule has 1 unspecified atom stereocenters. The standard InChI is InChI=1S/C16H17F3N2O3/c1-24-12-6-4-11(5-7-12)20-15(23)13-3-2-9-21(13)10-8-14(22)16(17,18)19/h4-8,10,13H,2-3,9H2,1H3,(H,20,23). The average Bonchev–Trinajstić information content (AvgIpc) is 3.01. The number of carbonyl (C=O) groups is 2. The molecule has 1 aromatic carbocycles. The Kier molecular flexibility index (Phi) is 5.48. The topological polar surface area (TPSA) is 58.6 Å². The van der Waals surface area contributed by atoms with E-state index in [0.29, 0.717) is 36.9 Å². The molecule has 130 valence electrons. The highest BCUT2D eigenvalue weighted by Crippen LogP contribution is 2.22. The first-order chi connectivity index (χ1) is 11.3. The van der Waals surface area contributed by atoms with E-state index in [-0.39, 0.29) is 5.91 Å². The van der Waals surface area contributed by atoms with Gasteiger partial charge in [-0.1, -0.05) is 0 Å². The summed E-state index contributed by atoms with van der Waals surface area (Å²) in [6.07, 6.45) is -2.24. The third kappa shape index (κ3) is 4.50. The van der Waals surface area contributed by atoms with Gasteiger partial charge in [0.25, 0.3) is 5.78 Å². The summed E-state index contributed by atoms with van der Waals surface area (Å²) >= 11 is 0. The van der Waals surface area contributed by atoms with Crippen LogP contribution in [0.5, 0.6) is 5.75 Å². The SMILES string of the molecule is COc1ccc(NC(=O)C2CCCN2C=CC(=O)C(F)(F)F)cc1. The normalized spacial score (nSPS) is 18.0. The number of ether oxygens (including phenoxy) is 1. The third-order valence-electron chi connectivity index (χ3n) is 3.65. The van der Waals surface area contributed by atoms with Gasteiger partial charge in [0.05, 0.1) is 7.11 Å². The molecule has 1 saturated heterocycles. The molecular weight excluding hydrogens is 325 g/mol. The molecule has 1 aliphatic rings. The fourth-order valence-corrected chi connectivity index (χ4v) is 2.41. The molecule has 0 aromatic heterocycles. The number of likely N-dealkylation sites (tertiary alicyclic amines) is 1. The Balaban J connectivity index is 1.99. The maximum Gasteiger partial charge on any atom is 0.454 e. The van der Waals surface area contributed by atoms with Gasteiger partial charge in [-0.25, -0.2) is 0 Å². The summed E-state index contributed by atoms with van der Waals surface area (Å²) in [6, 6.07) is 6.09. The molecule has 1 fully saturated rings. The van der Waals surface area contributed by atoms with E-state index in [0.717, 1.165) is 6.20 Å². The van der Waals surface area contributed by atoms with E-state index in [1.54, 1.807) is 24.3 Å². The maximum atomic E-state index is 12.3. The Labute approximate surface area is 137 Å². The highest BCUT2D eigenvalue weighted by Gasteiger charge is 2.37. The van der Waals surface area contributed by atoms with Gasteiger partial charge < -0.3 is 15.0 Å². The number of benzene rings is 1. The van der Waals surface area contributed by atoms with Crippen molar-refractivity contribution < 1.29 is 27.5 Å². The number of carbonyl (C=O) groups excluding carboxylic acids is 2. The van der Waals surface area contributed by atoms with Crippen LogP contribution in [0.4, 0.5) is 18.9 Å². The molecule has 0 saturated carbocycles. The number of allylic oxidation sites excluding steroid dienone is 1. The second-order valence-corrected chi connectivity index (χ2v) is 5.29. The van der Waals surface area contributed by atoms with E-state index in [1.807, 2.05) is 0 Å². The van der Waals surface area contributed by atoms with Gasteiger partial charge in [0.15, 0.2) is 0 Å². The van der Waals surface area contributed by atoms with E-state index >= 15 is 0 Å². The number of nitrogens with one attached hydrogen (secondary N) is 1. The van der Waals surface area contributed by atoms with Crippen LogP contribution in [0.25, 0.3) is 0 Å². The minimum Gasteiger partial charge on any atom is -0.497 e. The van der Waals surface area contributed by atoms with Crippen LogP contribution in [-0.2, 0) is 9.59 Å². The van der Waals surface area contributed by atoms with Crippen LogP contribution in [0.15, 0.2) is 36.5 Å². The van der Waals surface area contributed by atoms with Gasteiger partial charge in [0.1, 0.15) is 11.8 Å². The molecule has 0 aliphatic carbocycles. The van der Waals surface area contributed by atoms with Gasteiger partial charge in [0, 0.05) is 24.5 Å².